The van der Waals surface area contributed by atoms with E-state index < -0.39 is 5.97 Å². The molecule has 0 unspecified atom stereocenters. The molecule has 3 rings (SSSR count). The first kappa shape index (κ1) is 17.4. The first-order valence-corrected chi connectivity index (χ1v) is 8.02. The van der Waals surface area contributed by atoms with Gasteiger partial charge in [-0.3, -0.25) is 9.59 Å². The minimum absolute atomic E-state index is 0.213. The number of amides is 1. The predicted octanol–water partition coefficient (Wildman–Crippen LogP) is 3.70. The molecule has 0 spiro atoms. The van der Waals surface area contributed by atoms with Gasteiger partial charge in [-0.1, -0.05) is 29.8 Å². The summed E-state index contributed by atoms with van der Waals surface area (Å²) in [4.78, 5) is 38.7. The molecule has 2 N–H and O–H groups in total. The number of nitrogens with one attached hydrogen (secondary N) is 2. The van der Waals surface area contributed by atoms with Crippen molar-refractivity contribution < 1.29 is 19.1 Å². The average molecular weight is 350 g/mol. The molecule has 0 fully saturated rings. The number of hydrogen-bond donors (Lipinski definition) is 2. The van der Waals surface area contributed by atoms with Gasteiger partial charge in [-0.2, -0.15) is 0 Å². The fraction of sp³-hybridized carbons (Fsp3) is 0.150. The molecule has 0 aliphatic heterocycles. The number of anilines is 1. The van der Waals surface area contributed by atoms with E-state index in [4.69, 9.17) is 4.74 Å². The Hall–Kier alpha value is -3.41. The minimum atomic E-state index is -0.584. The number of aromatic nitrogens is 1. The van der Waals surface area contributed by atoms with Crippen molar-refractivity contribution in [1.29, 1.82) is 0 Å². The highest BCUT2D eigenvalue weighted by atomic mass is 16.5. The predicted molar refractivity (Wildman–Crippen MR) is 99.5 cm³/mol. The average Bonchev–Trinajstić information content (AvgIpc) is 2.98. The highest BCUT2D eigenvalue weighted by molar-refractivity contribution is 6.15. The lowest BCUT2D eigenvalue weighted by Crippen LogP contribution is -2.08. The molecule has 0 saturated heterocycles. The van der Waals surface area contributed by atoms with Crippen LogP contribution >= 0.6 is 0 Å². The van der Waals surface area contributed by atoms with E-state index in [1.807, 2.05) is 31.2 Å². The molecular weight excluding hydrogens is 332 g/mol. The van der Waals surface area contributed by atoms with Gasteiger partial charge in [0.15, 0.2) is 6.29 Å². The lowest BCUT2D eigenvalue weighted by atomic mass is 10.0. The maximum atomic E-state index is 12.3. The van der Waals surface area contributed by atoms with Crippen LogP contribution in [0.25, 0.3) is 22.2 Å². The first-order valence-electron chi connectivity index (χ1n) is 8.02. The Morgan fingerprint density at radius 1 is 1.15 bits per heavy atom. The molecule has 1 aromatic heterocycles. The Labute approximate surface area is 150 Å². The number of benzene rings is 2. The number of rotatable bonds is 4. The molecule has 6 heteroatoms. The number of fused-ring (bicyclic) bond motifs is 1. The molecule has 26 heavy (non-hydrogen) atoms. The number of esters is 1. The third-order valence-corrected chi connectivity index (χ3v) is 4.12. The molecule has 1 heterocycles. The summed E-state index contributed by atoms with van der Waals surface area (Å²) in [6, 6.07) is 10.9. The number of H-pyrrole nitrogens is 1. The van der Waals surface area contributed by atoms with Crippen LogP contribution in [0.3, 0.4) is 0 Å². The molecule has 3 aromatic rings. The normalized spacial score (nSPS) is 10.6. The van der Waals surface area contributed by atoms with Gasteiger partial charge in [0, 0.05) is 29.1 Å². The Morgan fingerprint density at radius 2 is 1.85 bits per heavy atom. The molecule has 0 aliphatic carbocycles. The molecule has 0 saturated carbocycles. The van der Waals surface area contributed by atoms with Crippen molar-refractivity contribution in [3.63, 3.8) is 0 Å². The molecule has 0 aliphatic rings. The Balaban J connectivity index is 2.32. The summed E-state index contributed by atoms with van der Waals surface area (Å²) in [5.74, 6) is -0.846. The maximum absolute atomic E-state index is 12.3. The van der Waals surface area contributed by atoms with Gasteiger partial charge >= 0.3 is 5.97 Å². The van der Waals surface area contributed by atoms with Crippen molar-refractivity contribution in [2.75, 3.05) is 12.4 Å². The van der Waals surface area contributed by atoms with Crippen LogP contribution in [0.15, 0.2) is 36.4 Å². The number of aryl methyl sites for hydroxylation is 1. The van der Waals surface area contributed by atoms with Crippen LogP contribution in [0.4, 0.5) is 5.69 Å². The second kappa shape index (κ2) is 6.84. The van der Waals surface area contributed by atoms with Gasteiger partial charge in [-0.25, -0.2) is 4.79 Å². The van der Waals surface area contributed by atoms with Crippen molar-refractivity contribution in [3.8, 4) is 11.3 Å². The Morgan fingerprint density at radius 3 is 2.42 bits per heavy atom. The van der Waals surface area contributed by atoms with Crippen LogP contribution in [-0.4, -0.2) is 30.3 Å². The first-order chi connectivity index (χ1) is 12.4. The molecule has 0 atom stereocenters. The fourth-order valence-corrected chi connectivity index (χ4v) is 2.97. The smallest absolute Gasteiger partial charge is 0.338 e. The summed E-state index contributed by atoms with van der Waals surface area (Å²) in [6.45, 7) is 3.36. The summed E-state index contributed by atoms with van der Waals surface area (Å²) in [5, 5.41) is 3.12. The summed E-state index contributed by atoms with van der Waals surface area (Å²) in [7, 11) is 1.27. The highest BCUT2D eigenvalue weighted by Gasteiger charge is 2.21. The van der Waals surface area contributed by atoms with Gasteiger partial charge in [0.05, 0.1) is 18.4 Å². The number of carbonyl (C=O) groups excluding carboxylic acids is 3. The summed E-state index contributed by atoms with van der Waals surface area (Å²) < 4.78 is 4.85. The van der Waals surface area contributed by atoms with Gasteiger partial charge in [0.25, 0.3) is 0 Å². The maximum Gasteiger partial charge on any atom is 0.338 e. The summed E-state index contributed by atoms with van der Waals surface area (Å²) in [5.41, 5.74) is 4.13. The Kier molecular flexibility index (Phi) is 4.58. The zero-order chi connectivity index (χ0) is 18.8. The quantitative estimate of drug-likeness (QED) is 0.555. The van der Waals surface area contributed by atoms with Gasteiger partial charge < -0.3 is 15.0 Å². The van der Waals surface area contributed by atoms with Crippen LogP contribution in [0, 0.1) is 6.92 Å². The lowest BCUT2D eigenvalue weighted by molar-refractivity contribution is -0.114. The molecule has 132 valence electrons. The van der Waals surface area contributed by atoms with E-state index in [1.165, 1.54) is 20.1 Å². The van der Waals surface area contributed by atoms with Crippen molar-refractivity contribution in [3.05, 3.63) is 53.1 Å². The van der Waals surface area contributed by atoms with E-state index in [1.54, 1.807) is 6.07 Å². The van der Waals surface area contributed by atoms with E-state index in [0.717, 1.165) is 17.4 Å². The number of methoxy groups -OCH3 is 1. The van der Waals surface area contributed by atoms with Crippen LogP contribution in [0.2, 0.25) is 0 Å². The van der Waals surface area contributed by atoms with E-state index in [9.17, 15) is 14.4 Å². The highest BCUT2D eigenvalue weighted by Crippen LogP contribution is 2.34. The van der Waals surface area contributed by atoms with Crippen LogP contribution in [-0.2, 0) is 9.53 Å². The molecule has 0 radical (unpaired) electrons. The van der Waals surface area contributed by atoms with Crippen molar-refractivity contribution >= 4 is 34.8 Å². The standard InChI is InChI=1S/C20H18N2O4/c1-11-4-6-13(7-5-11)19-16(10-23)18-15(20(25)26-3)8-14(21-12(2)24)9-17(18)22-19/h4-10,22H,1-3H3,(H,21,24). The second-order valence-corrected chi connectivity index (χ2v) is 6.02. The lowest BCUT2D eigenvalue weighted by Gasteiger charge is -2.07. The number of aromatic amines is 1. The minimum Gasteiger partial charge on any atom is -0.465 e. The SMILES string of the molecule is COC(=O)c1cc(NC(C)=O)cc2[nH]c(-c3ccc(C)cc3)c(C=O)c12. The number of carbonyl (C=O) groups is 3. The molecule has 0 bridgehead atoms. The van der Waals surface area contributed by atoms with Gasteiger partial charge in [0.1, 0.15) is 0 Å². The van der Waals surface area contributed by atoms with Crippen molar-refractivity contribution in [1.82, 2.24) is 4.98 Å². The Bertz CT molecular complexity index is 1020. The van der Waals surface area contributed by atoms with Gasteiger partial charge in [-0.05, 0) is 24.6 Å². The number of ether oxygens (including phenoxy) is 1. The van der Waals surface area contributed by atoms with E-state index in [-0.39, 0.29) is 11.5 Å². The third kappa shape index (κ3) is 3.09. The topological polar surface area (TPSA) is 88.3 Å². The van der Waals surface area contributed by atoms with Crippen molar-refractivity contribution in [2.24, 2.45) is 0 Å². The van der Waals surface area contributed by atoms with Crippen LogP contribution < -0.4 is 5.32 Å². The van der Waals surface area contributed by atoms with Crippen LogP contribution in [0.1, 0.15) is 33.2 Å². The summed E-state index contributed by atoms with van der Waals surface area (Å²) >= 11 is 0. The molecule has 2 aromatic carbocycles. The zero-order valence-corrected chi connectivity index (χ0v) is 14.7. The van der Waals surface area contributed by atoms with Crippen LogP contribution in [0.5, 0.6) is 0 Å². The zero-order valence-electron chi connectivity index (χ0n) is 14.7. The number of aldehydes is 1. The summed E-state index contributed by atoms with van der Waals surface area (Å²) in [6.07, 6.45) is 0.721. The monoisotopic (exact) mass is 350 g/mol. The number of hydrogen-bond acceptors (Lipinski definition) is 4. The molecular formula is C20H18N2O4. The largest absolute Gasteiger partial charge is 0.465 e. The molecule has 6 nitrogen and oxygen atoms in total. The fourth-order valence-electron chi connectivity index (χ4n) is 2.97. The second-order valence-electron chi connectivity index (χ2n) is 6.02. The van der Waals surface area contributed by atoms with E-state index >= 15 is 0 Å². The van der Waals surface area contributed by atoms with E-state index in [2.05, 4.69) is 10.3 Å². The van der Waals surface area contributed by atoms with Crippen molar-refractivity contribution in [2.45, 2.75) is 13.8 Å². The third-order valence-electron chi connectivity index (χ3n) is 4.12. The van der Waals surface area contributed by atoms with Gasteiger partial charge in [-0.15, -0.1) is 0 Å². The van der Waals surface area contributed by atoms with E-state index in [0.29, 0.717) is 27.8 Å². The van der Waals surface area contributed by atoms with Gasteiger partial charge in [0.2, 0.25) is 5.91 Å². The molecule has 1 amide bonds.